The summed E-state index contributed by atoms with van der Waals surface area (Å²) in [6, 6.07) is 0. The molecule has 0 aliphatic rings. The number of carbonyl (C=O) groups is 1. The number of hydrogen-bond acceptors (Lipinski definition) is 2. The molecule has 0 aliphatic carbocycles. The summed E-state index contributed by atoms with van der Waals surface area (Å²) in [6.45, 7) is 3.84. The second-order valence-electron chi connectivity index (χ2n) is 2.15. The molecule has 0 aliphatic heterocycles. The van der Waals surface area contributed by atoms with Gasteiger partial charge in [0.2, 0.25) is 5.91 Å². The minimum Gasteiger partial charge on any atom is -0.330 e. The molecule has 0 aromatic heterocycles. The summed E-state index contributed by atoms with van der Waals surface area (Å²) in [7, 11) is 0. The smallest absolute Gasteiger partial charge is 0.245 e. The van der Waals surface area contributed by atoms with Gasteiger partial charge in [-0.2, -0.15) is 0 Å². The Bertz CT molecular complexity index is 112. The highest BCUT2D eigenvalue weighted by atomic mass is 16.1. The zero-order chi connectivity index (χ0) is 7.82. The number of amides is 1. The molecule has 0 bridgehead atoms. The van der Waals surface area contributed by atoms with E-state index in [4.69, 9.17) is 5.73 Å². The molecular formula is C7H14N2O. The van der Waals surface area contributed by atoms with E-state index in [0.717, 1.165) is 19.3 Å². The normalized spacial score (nSPS) is 9.30. The lowest BCUT2D eigenvalue weighted by atomic mass is 10.2. The van der Waals surface area contributed by atoms with Crippen molar-refractivity contribution in [1.82, 2.24) is 0 Å². The van der Waals surface area contributed by atoms with Gasteiger partial charge in [0.25, 0.3) is 0 Å². The van der Waals surface area contributed by atoms with Crippen LogP contribution < -0.4 is 5.73 Å². The van der Waals surface area contributed by atoms with Crippen LogP contribution in [0.2, 0.25) is 0 Å². The molecule has 0 radical (unpaired) electrons. The molecule has 0 saturated carbocycles. The Balaban J connectivity index is 3.03. The van der Waals surface area contributed by atoms with Crippen LogP contribution in [0.4, 0.5) is 0 Å². The van der Waals surface area contributed by atoms with Gasteiger partial charge in [-0.05, 0) is 26.1 Å². The molecule has 0 aromatic rings. The van der Waals surface area contributed by atoms with Gasteiger partial charge >= 0.3 is 0 Å². The van der Waals surface area contributed by atoms with Gasteiger partial charge in [0.05, 0.1) is 0 Å². The van der Waals surface area contributed by atoms with E-state index in [1.165, 1.54) is 0 Å². The SMILES string of the molecule is C=NC(=O)CCCCCN. The molecule has 0 heterocycles. The van der Waals surface area contributed by atoms with Crippen molar-refractivity contribution in [2.75, 3.05) is 6.54 Å². The Hall–Kier alpha value is -0.700. The van der Waals surface area contributed by atoms with Crippen LogP contribution in [0, 0.1) is 0 Å². The molecule has 0 aromatic carbocycles. The lowest BCUT2D eigenvalue weighted by molar-refractivity contribution is -0.117. The molecule has 3 heteroatoms. The third kappa shape index (κ3) is 5.44. The summed E-state index contributed by atoms with van der Waals surface area (Å²) in [4.78, 5) is 13.8. The van der Waals surface area contributed by atoms with E-state index in [9.17, 15) is 4.79 Å². The summed E-state index contributed by atoms with van der Waals surface area (Å²) in [5, 5.41) is 0. The first-order valence-electron chi connectivity index (χ1n) is 3.51. The van der Waals surface area contributed by atoms with E-state index in [1.807, 2.05) is 0 Å². The predicted octanol–water partition coefficient (Wildman–Crippen LogP) is 0.733. The highest BCUT2D eigenvalue weighted by Crippen LogP contribution is 1.98. The fraction of sp³-hybridized carbons (Fsp3) is 0.714. The third-order valence-electron chi connectivity index (χ3n) is 1.27. The van der Waals surface area contributed by atoms with Crippen molar-refractivity contribution in [1.29, 1.82) is 0 Å². The molecule has 0 saturated heterocycles. The minimum atomic E-state index is -0.114. The topological polar surface area (TPSA) is 55.5 Å². The standard InChI is InChI=1S/C7H14N2O/c1-9-7(10)5-3-2-4-6-8/h1-6,8H2. The lowest BCUT2D eigenvalue weighted by Crippen LogP contribution is -1.99. The number of rotatable bonds is 5. The first-order valence-corrected chi connectivity index (χ1v) is 3.51. The number of carbonyl (C=O) groups excluding carboxylic acids is 1. The van der Waals surface area contributed by atoms with Crippen molar-refractivity contribution in [3.8, 4) is 0 Å². The largest absolute Gasteiger partial charge is 0.330 e. The average Bonchev–Trinajstić information content (AvgIpc) is 1.98. The van der Waals surface area contributed by atoms with Crippen LogP contribution >= 0.6 is 0 Å². The molecule has 1 amide bonds. The number of hydrogen-bond donors (Lipinski definition) is 1. The molecule has 3 nitrogen and oxygen atoms in total. The zero-order valence-electron chi connectivity index (χ0n) is 6.18. The summed E-state index contributed by atoms with van der Waals surface area (Å²) in [5.41, 5.74) is 5.26. The Kier molecular flexibility index (Phi) is 5.97. The first kappa shape index (κ1) is 9.30. The van der Waals surface area contributed by atoms with Crippen LogP contribution in [0.25, 0.3) is 0 Å². The maximum Gasteiger partial charge on any atom is 0.245 e. The summed E-state index contributed by atoms with van der Waals surface area (Å²) in [5.74, 6) is -0.114. The van der Waals surface area contributed by atoms with Gasteiger partial charge in [0, 0.05) is 6.42 Å². The number of aliphatic imine (C=N–C) groups is 1. The van der Waals surface area contributed by atoms with Crippen LogP contribution in [0.15, 0.2) is 4.99 Å². The quantitative estimate of drug-likeness (QED) is 0.454. The zero-order valence-corrected chi connectivity index (χ0v) is 6.18. The molecule has 0 unspecified atom stereocenters. The van der Waals surface area contributed by atoms with Crippen LogP contribution in [-0.2, 0) is 4.79 Å². The Morgan fingerprint density at radius 2 is 2.10 bits per heavy atom. The fourth-order valence-corrected chi connectivity index (χ4v) is 0.676. The van der Waals surface area contributed by atoms with Crippen LogP contribution in [0.5, 0.6) is 0 Å². The third-order valence-corrected chi connectivity index (χ3v) is 1.27. The number of nitrogens with two attached hydrogens (primary N) is 1. The molecule has 58 valence electrons. The van der Waals surface area contributed by atoms with Crippen molar-refractivity contribution in [2.45, 2.75) is 25.7 Å². The second kappa shape index (κ2) is 6.42. The van der Waals surface area contributed by atoms with Gasteiger partial charge < -0.3 is 5.73 Å². The van der Waals surface area contributed by atoms with E-state index in [1.54, 1.807) is 0 Å². The fourth-order valence-electron chi connectivity index (χ4n) is 0.676. The molecule has 0 rings (SSSR count). The van der Waals surface area contributed by atoms with E-state index in [-0.39, 0.29) is 5.91 Å². The van der Waals surface area contributed by atoms with Crippen molar-refractivity contribution in [2.24, 2.45) is 10.7 Å². The van der Waals surface area contributed by atoms with Crippen molar-refractivity contribution < 1.29 is 4.79 Å². The van der Waals surface area contributed by atoms with Crippen LogP contribution in [-0.4, -0.2) is 19.2 Å². The summed E-state index contributed by atoms with van der Waals surface area (Å²) in [6.07, 6.45) is 3.40. The average molecular weight is 142 g/mol. The second-order valence-corrected chi connectivity index (χ2v) is 2.15. The number of unbranched alkanes of at least 4 members (excludes halogenated alkanes) is 2. The molecular weight excluding hydrogens is 128 g/mol. The highest BCUT2D eigenvalue weighted by Gasteiger charge is 1.94. The maximum absolute atomic E-state index is 10.5. The minimum absolute atomic E-state index is 0.114. The van der Waals surface area contributed by atoms with E-state index in [0.29, 0.717) is 13.0 Å². The predicted molar refractivity (Wildman–Crippen MR) is 42.1 cm³/mol. The van der Waals surface area contributed by atoms with Gasteiger partial charge in [-0.3, -0.25) is 4.79 Å². The van der Waals surface area contributed by atoms with Gasteiger partial charge in [0.1, 0.15) is 0 Å². The maximum atomic E-state index is 10.5. The molecule has 0 atom stereocenters. The van der Waals surface area contributed by atoms with Crippen molar-refractivity contribution in [3.05, 3.63) is 0 Å². The Morgan fingerprint density at radius 1 is 1.40 bits per heavy atom. The van der Waals surface area contributed by atoms with Gasteiger partial charge in [-0.1, -0.05) is 6.42 Å². The van der Waals surface area contributed by atoms with Crippen molar-refractivity contribution >= 4 is 12.6 Å². The molecule has 2 N–H and O–H groups in total. The van der Waals surface area contributed by atoms with Crippen molar-refractivity contribution in [3.63, 3.8) is 0 Å². The summed E-state index contributed by atoms with van der Waals surface area (Å²) < 4.78 is 0. The van der Waals surface area contributed by atoms with E-state index >= 15 is 0 Å². The lowest BCUT2D eigenvalue weighted by Gasteiger charge is -1.93. The summed E-state index contributed by atoms with van der Waals surface area (Å²) >= 11 is 0. The van der Waals surface area contributed by atoms with Gasteiger partial charge in [0.15, 0.2) is 0 Å². The van der Waals surface area contributed by atoms with Gasteiger partial charge in [-0.15, -0.1) is 0 Å². The molecule has 0 fully saturated rings. The Labute approximate surface area is 61.3 Å². The monoisotopic (exact) mass is 142 g/mol. The van der Waals surface area contributed by atoms with E-state index in [2.05, 4.69) is 11.7 Å². The van der Waals surface area contributed by atoms with Crippen LogP contribution in [0.3, 0.4) is 0 Å². The van der Waals surface area contributed by atoms with E-state index < -0.39 is 0 Å². The highest BCUT2D eigenvalue weighted by molar-refractivity contribution is 5.80. The van der Waals surface area contributed by atoms with Crippen LogP contribution in [0.1, 0.15) is 25.7 Å². The van der Waals surface area contributed by atoms with Gasteiger partial charge in [-0.25, -0.2) is 4.99 Å². The Morgan fingerprint density at radius 3 is 2.60 bits per heavy atom. The molecule has 0 spiro atoms. The molecule has 10 heavy (non-hydrogen) atoms. The number of nitrogens with zero attached hydrogens (tertiary/aromatic N) is 1. The first-order chi connectivity index (χ1) is 4.81.